The fraction of sp³-hybridized carbons (Fsp3) is 0.250. The lowest BCUT2D eigenvalue weighted by Crippen LogP contribution is -1.99. The molecule has 0 aliphatic rings. The van der Waals surface area contributed by atoms with E-state index in [9.17, 15) is 0 Å². The van der Waals surface area contributed by atoms with Gasteiger partial charge >= 0.3 is 0 Å². The van der Waals surface area contributed by atoms with Gasteiger partial charge in [-0.1, -0.05) is 53.2 Å². The summed E-state index contributed by atoms with van der Waals surface area (Å²) in [4.78, 5) is 0.975. The summed E-state index contributed by atoms with van der Waals surface area (Å²) < 4.78 is 2.10. The van der Waals surface area contributed by atoms with Gasteiger partial charge in [-0.3, -0.25) is 0 Å². The van der Waals surface area contributed by atoms with Gasteiger partial charge < -0.3 is 4.57 Å². The first-order valence-electron chi connectivity index (χ1n) is 7.15. The minimum Gasteiger partial charge on any atom is -0.302 e. The van der Waals surface area contributed by atoms with Crippen LogP contribution in [0, 0.1) is 6.92 Å². The molecule has 0 bridgehead atoms. The van der Waals surface area contributed by atoms with Crippen molar-refractivity contribution in [2.45, 2.75) is 31.3 Å². The van der Waals surface area contributed by atoms with E-state index >= 15 is 0 Å². The summed E-state index contributed by atoms with van der Waals surface area (Å²) in [5, 5.41) is 13.2. The quantitative estimate of drug-likeness (QED) is 0.511. The van der Waals surface area contributed by atoms with Crippen LogP contribution in [0.5, 0.6) is 0 Å². The van der Waals surface area contributed by atoms with Crippen molar-refractivity contribution in [3.63, 3.8) is 0 Å². The zero-order valence-electron chi connectivity index (χ0n) is 12.7. The Morgan fingerprint density at radius 3 is 2.65 bits per heavy atom. The molecule has 3 nitrogen and oxygen atoms in total. The molecule has 0 radical (unpaired) electrons. The normalized spacial score (nSPS) is 11.1. The Morgan fingerprint density at radius 1 is 1.22 bits per heavy atom. The van der Waals surface area contributed by atoms with Crippen molar-refractivity contribution < 1.29 is 0 Å². The van der Waals surface area contributed by atoms with E-state index in [1.807, 2.05) is 36.6 Å². The van der Waals surface area contributed by atoms with Crippen molar-refractivity contribution in [3.8, 4) is 10.7 Å². The second-order valence-electron chi connectivity index (χ2n) is 4.99. The van der Waals surface area contributed by atoms with E-state index in [4.69, 9.17) is 23.2 Å². The minimum atomic E-state index is 0.759. The number of thioether (sulfide) groups is 1. The Bertz CT molecular complexity index is 827. The van der Waals surface area contributed by atoms with Crippen LogP contribution in [0.3, 0.4) is 0 Å². The van der Waals surface area contributed by atoms with Crippen molar-refractivity contribution in [2.24, 2.45) is 0 Å². The molecule has 3 aromatic rings. The molecule has 0 aliphatic heterocycles. The van der Waals surface area contributed by atoms with Gasteiger partial charge in [0.2, 0.25) is 0 Å². The van der Waals surface area contributed by atoms with Crippen molar-refractivity contribution >= 4 is 46.3 Å². The SMILES string of the molecule is CCn1c(SCc2ccccc2Cl)nnc1-c1scc(C)c1Cl. The number of aromatic nitrogens is 3. The summed E-state index contributed by atoms with van der Waals surface area (Å²) in [5.74, 6) is 1.59. The fourth-order valence-corrected chi connectivity index (χ4v) is 4.75. The van der Waals surface area contributed by atoms with E-state index in [0.29, 0.717) is 0 Å². The number of hydrogen-bond donors (Lipinski definition) is 0. The highest BCUT2D eigenvalue weighted by atomic mass is 35.5. The van der Waals surface area contributed by atoms with E-state index in [1.54, 1.807) is 23.1 Å². The van der Waals surface area contributed by atoms with Gasteiger partial charge in [0, 0.05) is 17.3 Å². The Labute approximate surface area is 153 Å². The van der Waals surface area contributed by atoms with Crippen molar-refractivity contribution in [1.82, 2.24) is 14.8 Å². The highest BCUT2D eigenvalue weighted by molar-refractivity contribution is 7.98. The number of hydrogen-bond acceptors (Lipinski definition) is 4. The van der Waals surface area contributed by atoms with Gasteiger partial charge in [0.1, 0.15) is 0 Å². The van der Waals surface area contributed by atoms with Crippen LogP contribution in [0.25, 0.3) is 10.7 Å². The lowest BCUT2D eigenvalue weighted by atomic mass is 10.2. The molecule has 120 valence electrons. The third kappa shape index (κ3) is 3.43. The van der Waals surface area contributed by atoms with Gasteiger partial charge in [0.15, 0.2) is 11.0 Å². The Hall–Kier alpha value is -1.01. The Morgan fingerprint density at radius 2 is 2.00 bits per heavy atom. The van der Waals surface area contributed by atoms with Gasteiger partial charge in [-0.2, -0.15) is 0 Å². The highest BCUT2D eigenvalue weighted by Gasteiger charge is 2.18. The second-order valence-corrected chi connectivity index (χ2v) is 7.60. The molecule has 0 fully saturated rings. The number of halogens is 2. The smallest absolute Gasteiger partial charge is 0.191 e. The average Bonchev–Trinajstić information content (AvgIpc) is 3.10. The minimum absolute atomic E-state index is 0.759. The largest absolute Gasteiger partial charge is 0.302 e. The molecular formula is C16H15Cl2N3S2. The molecule has 0 aliphatic carbocycles. The average molecular weight is 384 g/mol. The molecule has 2 aromatic heterocycles. The molecule has 23 heavy (non-hydrogen) atoms. The Kier molecular flexibility index (Phi) is 5.31. The summed E-state index contributed by atoms with van der Waals surface area (Å²) in [6.07, 6.45) is 0. The standard InChI is InChI=1S/C16H15Cl2N3S2/c1-3-21-15(14-13(18)10(2)8-22-14)19-20-16(21)23-9-11-6-4-5-7-12(11)17/h4-8H,3,9H2,1-2H3. The number of nitrogens with zero attached hydrogens (tertiary/aromatic N) is 3. The molecule has 0 spiro atoms. The van der Waals surface area contributed by atoms with Crippen LogP contribution in [0.2, 0.25) is 10.0 Å². The zero-order valence-corrected chi connectivity index (χ0v) is 15.9. The number of thiophene rings is 1. The second kappa shape index (κ2) is 7.26. The number of benzene rings is 1. The maximum atomic E-state index is 6.38. The predicted octanol–water partition coefficient (Wildman–Crippen LogP) is 5.93. The van der Waals surface area contributed by atoms with E-state index < -0.39 is 0 Å². The summed E-state index contributed by atoms with van der Waals surface area (Å²) in [6.45, 7) is 4.88. The predicted molar refractivity (Wildman–Crippen MR) is 99.8 cm³/mol. The van der Waals surface area contributed by atoms with Gasteiger partial charge in [-0.05, 0) is 36.4 Å². The van der Waals surface area contributed by atoms with E-state index in [-0.39, 0.29) is 0 Å². The van der Waals surface area contributed by atoms with E-state index in [2.05, 4.69) is 21.7 Å². The molecule has 0 amide bonds. The van der Waals surface area contributed by atoms with Crippen LogP contribution < -0.4 is 0 Å². The van der Waals surface area contributed by atoms with Crippen LogP contribution in [-0.2, 0) is 12.3 Å². The first-order valence-corrected chi connectivity index (χ1v) is 9.77. The molecule has 0 N–H and O–H groups in total. The lowest BCUT2D eigenvalue weighted by molar-refractivity contribution is 0.688. The molecule has 0 saturated heterocycles. The van der Waals surface area contributed by atoms with Crippen molar-refractivity contribution in [3.05, 3.63) is 50.8 Å². The third-order valence-corrected chi connectivity index (χ3v) is 6.53. The van der Waals surface area contributed by atoms with Crippen LogP contribution in [-0.4, -0.2) is 14.8 Å². The van der Waals surface area contributed by atoms with E-state index in [0.717, 1.165) is 49.3 Å². The highest BCUT2D eigenvalue weighted by Crippen LogP contribution is 2.37. The summed E-state index contributed by atoms with van der Waals surface area (Å²) in [6, 6.07) is 7.86. The Balaban J connectivity index is 1.87. The first kappa shape index (κ1) is 16.8. The maximum Gasteiger partial charge on any atom is 0.191 e. The number of rotatable bonds is 5. The molecule has 7 heteroatoms. The summed E-state index contributed by atoms with van der Waals surface area (Å²) in [7, 11) is 0. The van der Waals surface area contributed by atoms with Gasteiger partial charge in [-0.15, -0.1) is 21.5 Å². The van der Waals surface area contributed by atoms with Crippen molar-refractivity contribution in [1.29, 1.82) is 0 Å². The third-order valence-electron chi connectivity index (χ3n) is 3.45. The molecule has 1 aromatic carbocycles. The van der Waals surface area contributed by atoms with Crippen LogP contribution in [0.1, 0.15) is 18.1 Å². The summed E-state index contributed by atoms with van der Waals surface area (Å²) >= 11 is 15.8. The lowest BCUT2D eigenvalue weighted by Gasteiger charge is -2.07. The van der Waals surface area contributed by atoms with Crippen LogP contribution in [0.15, 0.2) is 34.8 Å². The first-order chi connectivity index (χ1) is 11.1. The van der Waals surface area contributed by atoms with Gasteiger partial charge in [-0.25, -0.2) is 0 Å². The molecular weight excluding hydrogens is 369 g/mol. The van der Waals surface area contributed by atoms with Crippen molar-refractivity contribution in [2.75, 3.05) is 0 Å². The zero-order chi connectivity index (χ0) is 16.4. The number of aryl methyl sites for hydroxylation is 1. The molecule has 0 atom stereocenters. The van der Waals surface area contributed by atoms with Gasteiger partial charge in [0.05, 0.1) is 9.90 Å². The molecule has 0 unspecified atom stereocenters. The molecule has 2 heterocycles. The van der Waals surface area contributed by atoms with E-state index in [1.165, 1.54) is 0 Å². The topological polar surface area (TPSA) is 30.7 Å². The maximum absolute atomic E-state index is 6.38. The van der Waals surface area contributed by atoms with Crippen LogP contribution >= 0.6 is 46.3 Å². The van der Waals surface area contributed by atoms with Gasteiger partial charge in [0.25, 0.3) is 0 Å². The molecule has 3 rings (SSSR count). The molecule has 0 saturated carbocycles. The fourth-order valence-electron chi connectivity index (χ4n) is 2.19. The summed E-state index contributed by atoms with van der Waals surface area (Å²) in [5.41, 5.74) is 2.17. The monoisotopic (exact) mass is 383 g/mol. The van der Waals surface area contributed by atoms with Crippen LogP contribution in [0.4, 0.5) is 0 Å².